The molecule has 1 N–H and O–H groups in total. The molecule has 0 aliphatic carbocycles. The Kier molecular flexibility index (Phi) is 5.71. The first-order valence-corrected chi connectivity index (χ1v) is 7.31. The van der Waals surface area contributed by atoms with E-state index in [1.807, 2.05) is 13.0 Å². The first-order chi connectivity index (χ1) is 7.61. The Balaban J connectivity index is 2.31. The maximum atomic E-state index is 11.2. The fraction of sp³-hybridized carbons (Fsp3) is 0.538. The summed E-state index contributed by atoms with van der Waals surface area (Å²) in [6, 6.07) is 10.5. The minimum Gasteiger partial charge on any atom is -0.315 e. The zero-order valence-electron chi connectivity index (χ0n) is 10.3. The molecule has 0 aliphatic heterocycles. The van der Waals surface area contributed by atoms with Crippen molar-refractivity contribution in [2.75, 3.05) is 19.3 Å². The summed E-state index contributed by atoms with van der Waals surface area (Å²) in [5.74, 6) is 0.499. The summed E-state index contributed by atoms with van der Waals surface area (Å²) in [4.78, 5) is 0. The number of hydrogen-bond acceptors (Lipinski definition) is 2. The molecule has 0 radical (unpaired) electrons. The summed E-state index contributed by atoms with van der Waals surface area (Å²) in [5, 5.41) is 3.60. The van der Waals surface area contributed by atoms with Gasteiger partial charge < -0.3 is 5.32 Å². The van der Waals surface area contributed by atoms with Gasteiger partial charge in [-0.05, 0) is 18.4 Å². The molecule has 1 rings (SSSR count). The summed E-state index contributed by atoms with van der Waals surface area (Å²) in [5.41, 5.74) is 1.35. The molecule has 90 valence electrons. The smallest absolute Gasteiger partial charge is 0.0441 e. The molecule has 16 heavy (non-hydrogen) atoms. The maximum absolute atomic E-state index is 11.2. The van der Waals surface area contributed by atoms with Crippen molar-refractivity contribution in [3.8, 4) is 0 Å². The van der Waals surface area contributed by atoms with Gasteiger partial charge in [0, 0.05) is 35.4 Å². The molecule has 0 bridgehead atoms. The molecule has 0 aliphatic rings. The van der Waals surface area contributed by atoms with E-state index < -0.39 is 10.8 Å². The normalized spacial score (nSPS) is 16.7. The van der Waals surface area contributed by atoms with Crippen molar-refractivity contribution < 1.29 is 4.21 Å². The topological polar surface area (TPSA) is 29.1 Å². The molecule has 1 aromatic carbocycles. The van der Waals surface area contributed by atoms with Gasteiger partial charge in [0.05, 0.1) is 0 Å². The summed E-state index contributed by atoms with van der Waals surface area (Å²) in [7, 11) is -0.732. The van der Waals surface area contributed by atoms with E-state index in [4.69, 9.17) is 0 Å². The van der Waals surface area contributed by atoms with E-state index in [9.17, 15) is 4.21 Å². The lowest BCUT2D eigenvalue weighted by Gasteiger charge is -2.15. The van der Waals surface area contributed by atoms with Gasteiger partial charge in [0.1, 0.15) is 0 Å². The summed E-state index contributed by atoms with van der Waals surface area (Å²) in [6.45, 7) is 5.97. The second-order valence-corrected chi connectivity index (χ2v) is 6.08. The number of benzene rings is 1. The molecule has 3 unspecified atom stereocenters. The van der Waals surface area contributed by atoms with Gasteiger partial charge in [0.25, 0.3) is 0 Å². The number of hydrogen-bond donors (Lipinski definition) is 1. The molecule has 0 aromatic heterocycles. The molecule has 0 heterocycles. The third-order valence-electron chi connectivity index (χ3n) is 2.82. The van der Waals surface area contributed by atoms with Crippen LogP contribution in [0.15, 0.2) is 30.3 Å². The summed E-state index contributed by atoms with van der Waals surface area (Å²) >= 11 is 0. The van der Waals surface area contributed by atoms with Crippen LogP contribution in [0.2, 0.25) is 0 Å². The fourth-order valence-corrected chi connectivity index (χ4v) is 1.87. The van der Waals surface area contributed by atoms with Gasteiger partial charge in [0.15, 0.2) is 0 Å². The van der Waals surface area contributed by atoms with Crippen LogP contribution in [0.5, 0.6) is 0 Å². The lowest BCUT2D eigenvalue weighted by Crippen LogP contribution is -2.30. The SMILES string of the molecule is CC(CNCC(C)S(C)=O)c1ccccc1. The van der Waals surface area contributed by atoms with Gasteiger partial charge >= 0.3 is 0 Å². The van der Waals surface area contributed by atoms with Crippen molar-refractivity contribution in [1.29, 1.82) is 0 Å². The van der Waals surface area contributed by atoms with E-state index in [1.54, 1.807) is 6.26 Å². The minimum absolute atomic E-state index is 0.225. The summed E-state index contributed by atoms with van der Waals surface area (Å²) in [6.07, 6.45) is 1.76. The van der Waals surface area contributed by atoms with Crippen LogP contribution in [0.1, 0.15) is 25.3 Å². The fourth-order valence-electron chi connectivity index (χ4n) is 1.52. The van der Waals surface area contributed by atoms with Crippen molar-refractivity contribution in [1.82, 2.24) is 5.32 Å². The quantitative estimate of drug-likeness (QED) is 0.824. The molecular weight excluding hydrogens is 218 g/mol. The Bertz CT molecular complexity index is 326. The predicted octanol–water partition coefficient (Wildman–Crippen LogP) is 2.15. The Labute approximate surface area is 101 Å². The van der Waals surface area contributed by atoms with Crippen LogP contribution in [0, 0.1) is 0 Å². The first-order valence-electron chi connectivity index (χ1n) is 5.69. The Hall–Kier alpha value is -0.670. The third-order valence-corrected chi connectivity index (χ3v) is 4.12. The van der Waals surface area contributed by atoms with Crippen LogP contribution in [0.3, 0.4) is 0 Å². The highest BCUT2D eigenvalue weighted by Gasteiger charge is 2.07. The van der Waals surface area contributed by atoms with Gasteiger partial charge in [0.2, 0.25) is 0 Å². The first kappa shape index (κ1) is 13.4. The molecule has 0 fully saturated rings. The largest absolute Gasteiger partial charge is 0.315 e. The minimum atomic E-state index is -0.732. The molecule has 0 amide bonds. The van der Waals surface area contributed by atoms with E-state index in [2.05, 4.69) is 36.5 Å². The van der Waals surface area contributed by atoms with E-state index >= 15 is 0 Å². The lowest BCUT2D eigenvalue weighted by molar-refractivity contribution is 0.604. The molecule has 0 spiro atoms. The van der Waals surface area contributed by atoms with Gasteiger partial charge in [-0.3, -0.25) is 4.21 Å². The monoisotopic (exact) mass is 239 g/mol. The highest BCUT2D eigenvalue weighted by atomic mass is 32.2. The van der Waals surface area contributed by atoms with Crippen molar-refractivity contribution in [3.05, 3.63) is 35.9 Å². The zero-order valence-corrected chi connectivity index (χ0v) is 11.1. The van der Waals surface area contributed by atoms with Crippen LogP contribution in [-0.2, 0) is 10.8 Å². The van der Waals surface area contributed by atoms with E-state index in [1.165, 1.54) is 5.56 Å². The molecule has 3 atom stereocenters. The van der Waals surface area contributed by atoms with Crippen molar-refractivity contribution in [3.63, 3.8) is 0 Å². The van der Waals surface area contributed by atoms with E-state index in [0.29, 0.717) is 5.92 Å². The number of rotatable bonds is 6. The average Bonchev–Trinajstić information content (AvgIpc) is 2.29. The van der Waals surface area contributed by atoms with E-state index in [0.717, 1.165) is 13.1 Å². The average molecular weight is 239 g/mol. The molecular formula is C13H21NOS. The van der Waals surface area contributed by atoms with Crippen LogP contribution in [0.4, 0.5) is 0 Å². The van der Waals surface area contributed by atoms with Crippen LogP contribution < -0.4 is 5.32 Å². The second-order valence-electron chi connectivity index (χ2n) is 4.28. The van der Waals surface area contributed by atoms with Crippen molar-refractivity contribution in [2.24, 2.45) is 0 Å². The van der Waals surface area contributed by atoms with E-state index in [-0.39, 0.29) is 5.25 Å². The standard InChI is InChI=1S/C13H21NOS/c1-11(13-7-5-4-6-8-13)9-14-10-12(2)16(3)15/h4-8,11-12,14H,9-10H2,1-3H3. The molecule has 1 aromatic rings. The Morgan fingerprint density at radius 3 is 2.38 bits per heavy atom. The molecule has 3 heteroatoms. The van der Waals surface area contributed by atoms with Gasteiger partial charge in [-0.15, -0.1) is 0 Å². The van der Waals surface area contributed by atoms with Crippen molar-refractivity contribution >= 4 is 10.8 Å². The molecule has 0 saturated heterocycles. The van der Waals surface area contributed by atoms with Crippen LogP contribution in [0.25, 0.3) is 0 Å². The van der Waals surface area contributed by atoms with Crippen LogP contribution >= 0.6 is 0 Å². The maximum Gasteiger partial charge on any atom is 0.0441 e. The number of nitrogens with one attached hydrogen (secondary N) is 1. The molecule has 2 nitrogen and oxygen atoms in total. The Morgan fingerprint density at radius 1 is 1.19 bits per heavy atom. The third kappa shape index (κ3) is 4.45. The highest BCUT2D eigenvalue weighted by Crippen LogP contribution is 2.12. The van der Waals surface area contributed by atoms with Crippen LogP contribution in [-0.4, -0.2) is 28.8 Å². The summed E-state index contributed by atoms with van der Waals surface area (Å²) < 4.78 is 11.2. The highest BCUT2D eigenvalue weighted by molar-refractivity contribution is 7.84. The predicted molar refractivity (Wildman–Crippen MR) is 71.3 cm³/mol. The van der Waals surface area contributed by atoms with Gasteiger partial charge in [-0.1, -0.05) is 37.3 Å². The molecule has 0 saturated carbocycles. The zero-order chi connectivity index (χ0) is 12.0. The lowest BCUT2D eigenvalue weighted by atomic mass is 10.0. The Morgan fingerprint density at radius 2 is 1.81 bits per heavy atom. The van der Waals surface area contributed by atoms with Gasteiger partial charge in [-0.2, -0.15) is 0 Å². The second kappa shape index (κ2) is 6.81. The van der Waals surface area contributed by atoms with Crippen molar-refractivity contribution in [2.45, 2.75) is 25.0 Å². The van der Waals surface area contributed by atoms with Gasteiger partial charge in [-0.25, -0.2) is 0 Å².